The Labute approximate surface area is 118 Å². The van der Waals surface area contributed by atoms with Crippen LogP contribution in [-0.2, 0) is 6.42 Å². The van der Waals surface area contributed by atoms with Crippen molar-refractivity contribution in [3.8, 4) is 0 Å². The zero-order valence-electron chi connectivity index (χ0n) is 11.6. The maximum absolute atomic E-state index is 13.4. The van der Waals surface area contributed by atoms with Gasteiger partial charge in [0.2, 0.25) is 0 Å². The van der Waals surface area contributed by atoms with Gasteiger partial charge in [0.1, 0.15) is 5.82 Å². The molecule has 102 valence electrons. The molecule has 0 saturated carbocycles. The normalized spacial score (nSPS) is 14.8. The Kier molecular flexibility index (Phi) is 6.30. The van der Waals surface area contributed by atoms with Crippen LogP contribution in [0, 0.1) is 17.7 Å². The molecular weight excluding hydrogens is 293 g/mol. The molecule has 0 saturated heterocycles. The molecule has 0 radical (unpaired) electrons. The predicted octanol–water partition coefficient (Wildman–Crippen LogP) is 4.40. The molecule has 1 N–H and O–H groups in total. The van der Waals surface area contributed by atoms with Crippen LogP contribution in [0.25, 0.3) is 0 Å². The van der Waals surface area contributed by atoms with Crippen molar-refractivity contribution in [2.24, 2.45) is 11.8 Å². The van der Waals surface area contributed by atoms with E-state index in [2.05, 4.69) is 48.9 Å². The van der Waals surface area contributed by atoms with E-state index in [4.69, 9.17) is 0 Å². The van der Waals surface area contributed by atoms with E-state index in [9.17, 15) is 4.39 Å². The van der Waals surface area contributed by atoms with Crippen molar-refractivity contribution in [1.29, 1.82) is 0 Å². The third-order valence-corrected chi connectivity index (χ3v) is 3.88. The molecule has 0 bridgehead atoms. The lowest BCUT2D eigenvalue weighted by molar-refractivity contribution is 0.291. The number of rotatable bonds is 6. The van der Waals surface area contributed by atoms with Crippen molar-refractivity contribution in [1.82, 2.24) is 5.32 Å². The van der Waals surface area contributed by atoms with E-state index in [0.29, 0.717) is 17.9 Å². The second-order valence-corrected chi connectivity index (χ2v) is 6.15. The SMILES string of the molecule is CCNC(C)C(Cc1cc(F)cc(Br)c1)C(C)C. The first-order valence-corrected chi connectivity index (χ1v) is 7.41. The molecule has 0 aliphatic carbocycles. The van der Waals surface area contributed by atoms with Gasteiger partial charge in [-0.15, -0.1) is 0 Å². The maximum atomic E-state index is 13.4. The maximum Gasteiger partial charge on any atom is 0.124 e. The Morgan fingerprint density at radius 3 is 2.39 bits per heavy atom. The molecule has 18 heavy (non-hydrogen) atoms. The Morgan fingerprint density at radius 1 is 1.22 bits per heavy atom. The van der Waals surface area contributed by atoms with Gasteiger partial charge >= 0.3 is 0 Å². The van der Waals surface area contributed by atoms with Crippen LogP contribution in [0.1, 0.15) is 33.3 Å². The Bertz CT molecular complexity index is 359. The number of benzene rings is 1. The van der Waals surface area contributed by atoms with Gasteiger partial charge in [0.15, 0.2) is 0 Å². The molecule has 3 heteroatoms. The van der Waals surface area contributed by atoms with Crippen LogP contribution in [0.15, 0.2) is 22.7 Å². The first kappa shape index (κ1) is 15.6. The summed E-state index contributed by atoms with van der Waals surface area (Å²) in [5, 5.41) is 3.47. The monoisotopic (exact) mass is 315 g/mol. The third-order valence-electron chi connectivity index (χ3n) is 3.42. The third kappa shape index (κ3) is 4.69. The molecule has 1 aromatic rings. The van der Waals surface area contributed by atoms with Gasteiger partial charge in [-0.25, -0.2) is 4.39 Å². The Hall–Kier alpha value is -0.410. The van der Waals surface area contributed by atoms with Gasteiger partial charge in [0.05, 0.1) is 0 Å². The summed E-state index contributed by atoms with van der Waals surface area (Å²) in [6.45, 7) is 9.76. The summed E-state index contributed by atoms with van der Waals surface area (Å²) in [4.78, 5) is 0. The summed E-state index contributed by atoms with van der Waals surface area (Å²) in [5.41, 5.74) is 1.06. The van der Waals surface area contributed by atoms with E-state index in [0.717, 1.165) is 23.0 Å². The standard InChI is InChI=1S/C15H23BrFN/c1-5-18-11(4)15(10(2)3)8-12-6-13(16)9-14(17)7-12/h6-7,9-11,15,18H,5,8H2,1-4H3. The molecule has 2 unspecified atom stereocenters. The molecule has 1 aromatic carbocycles. The van der Waals surface area contributed by atoms with Gasteiger partial charge in [-0.05, 0) is 55.5 Å². The Balaban J connectivity index is 2.82. The molecule has 0 heterocycles. The minimum atomic E-state index is -0.169. The minimum absolute atomic E-state index is 0.169. The molecular formula is C15H23BrFN. The average molecular weight is 316 g/mol. The van der Waals surface area contributed by atoms with Crippen LogP contribution >= 0.6 is 15.9 Å². The van der Waals surface area contributed by atoms with Crippen LogP contribution in [-0.4, -0.2) is 12.6 Å². The lowest BCUT2D eigenvalue weighted by Crippen LogP contribution is -2.37. The highest BCUT2D eigenvalue weighted by Crippen LogP contribution is 2.23. The lowest BCUT2D eigenvalue weighted by atomic mass is 9.84. The number of hydrogen-bond acceptors (Lipinski definition) is 1. The van der Waals surface area contributed by atoms with Gasteiger partial charge in [-0.3, -0.25) is 0 Å². The molecule has 1 nitrogen and oxygen atoms in total. The van der Waals surface area contributed by atoms with Gasteiger partial charge in [-0.1, -0.05) is 36.7 Å². The molecule has 0 aliphatic rings. The second kappa shape index (κ2) is 7.25. The smallest absolute Gasteiger partial charge is 0.124 e. The van der Waals surface area contributed by atoms with Gasteiger partial charge in [0, 0.05) is 10.5 Å². The van der Waals surface area contributed by atoms with Crippen LogP contribution in [0.4, 0.5) is 4.39 Å². The van der Waals surface area contributed by atoms with Crippen molar-refractivity contribution in [2.45, 2.75) is 40.2 Å². The van der Waals surface area contributed by atoms with E-state index in [-0.39, 0.29) is 5.82 Å². The zero-order valence-corrected chi connectivity index (χ0v) is 13.2. The van der Waals surface area contributed by atoms with E-state index < -0.39 is 0 Å². The largest absolute Gasteiger partial charge is 0.314 e. The fraction of sp³-hybridized carbons (Fsp3) is 0.600. The topological polar surface area (TPSA) is 12.0 Å². The molecule has 0 amide bonds. The number of halogens is 2. The summed E-state index contributed by atoms with van der Waals surface area (Å²) < 4.78 is 14.2. The summed E-state index contributed by atoms with van der Waals surface area (Å²) in [6, 6.07) is 5.59. The number of hydrogen-bond donors (Lipinski definition) is 1. The summed E-state index contributed by atoms with van der Waals surface area (Å²) >= 11 is 3.35. The van der Waals surface area contributed by atoms with Crippen LogP contribution in [0.3, 0.4) is 0 Å². The fourth-order valence-corrected chi connectivity index (χ4v) is 2.98. The van der Waals surface area contributed by atoms with Gasteiger partial charge in [-0.2, -0.15) is 0 Å². The van der Waals surface area contributed by atoms with Crippen molar-refractivity contribution in [3.63, 3.8) is 0 Å². The molecule has 0 aromatic heterocycles. The van der Waals surface area contributed by atoms with Gasteiger partial charge in [0.25, 0.3) is 0 Å². The van der Waals surface area contributed by atoms with Gasteiger partial charge < -0.3 is 5.32 Å². The van der Waals surface area contributed by atoms with E-state index in [1.165, 1.54) is 6.07 Å². The molecule has 1 rings (SSSR count). The average Bonchev–Trinajstić information content (AvgIpc) is 2.24. The fourth-order valence-electron chi connectivity index (χ4n) is 2.46. The highest BCUT2D eigenvalue weighted by molar-refractivity contribution is 9.10. The van der Waals surface area contributed by atoms with E-state index in [1.807, 2.05) is 6.07 Å². The van der Waals surface area contributed by atoms with Crippen molar-refractivity contribution in [2.75, 3.05) is 6.54 Å². The van der Waals surface area contributed by atoms with E-state index in [1.54, 1.807) is 6.07 Å². The molecule has 0 aliphatic heterocycles. The lowest BCUT2D eigenvalue weighted by Gasteiger charge is -2.28. The summed E-state index contributed by atoms with van der Waals surface area (Å²) in [7, 11) is 0. The highest BCUT2D eigenvalue weighted by atomic mass is 79.9. The first-order chi connectivity index (χ1) is 8.43. The van der Waals surface area contributed by atoms with E-state index >= 15 is 0 Å². The van der Waals surface area contributed by atoms with Crippen molar-refractivity contribution in [3.05, 3.63) is 34.1 Å². The van der Waals surface area contributed by atoms with Crippen molar-refractivity contribution >= 4 is 15.9 Å². The zero-order chi connectivity index (χ0) is 13.7. The predicted molar refractivity (Wildman–Crippen MR) is 79.3 cm³/mol. The molecule has 0 spiro atoms. The summed E-state index contributed by atoms with van der Waals surface area (Å²) in [6.07, 6.45) is 0.905. The van der Waals surface area contributed by atoms with Crippen LogP contribution in [0.2, 0.25) is 0 Å². The van der Waals surface area contributed by atoms with Crippen LogP contribution in [0.5, 0.6) is 0 Å². The molecule has 2 atom stereocenters. The highest BCUT2D eigenvalue weighted by Gasteiger charge is 2.20. The first-order valence-electron chi connectivity index (χ1n) is 6.62. The molecule has 0 fully saturated rings. The second-order valence-electron chi connectivity index (χ2n) is 5.24. The number of nitrogens with one attached hydrogen (secondary N) is 1. The quantitative estimate of drug-likeness (QED) is 0.820. The summed E-state index contributed by atoms with van der Waals surface area (Å²) in [5.74, 6) is 0.915. The minimum Gasteiger partial charge on any atom is -0.314 e. The van der Waals surface area contributed by atoms with Crippen LogP contribution < -0.4 is 5.32 Å². The van der Waals surface area contributed by atoms with Crippen molar-refractivity contribution < 1.29 is 4.39 Å². The Morgan fingerprint density at radius 2 is 1.89 bits per heavy atom.